The summed E-state index contributed by atoms with van der Waals surface area (Å²) in [6.45, 7) is 4.89. The van der Waals surface area contributed by atoms with Crippen LogP contribution in [-0.2, 0) is 0 Å². The third-order valence-corrected chi connectivity index (χ3v) is 3.33. The molecule has 0 aliphatic heterocycles. The first-order valence-corrected chi connectivity index (χ1v) is 7.19. The Morgan fingerprint density at radius 1 is 1.20 bits per heavy atom. The molecule has 0 radical (unpaired) electrons. The zero-order valence-electron chi connectivity index (χ0n) is 12.2. The highest BCUT2D eigenvalue weighted by atomic mass is 16.3. The minimum Gasteiger partial charge on any atom is -0.389 e. The molecule has 0 fully saturated rings. The smallest absolute Gasteiger partial charge is 0.133 e. The number of nitrogens with zero attached hydrogens (tertiary/aromatic N) is 2. The Hall–Kier alpha value is -1.87. The Morgan fingerprint density at radius 3 is 2.60 bits per heavy atom. The van der Waals surface area contributed by atoms with Gasteiger partial charge in [-0.1, -0.05) is 31.5 Å². The Bertz CT molecular complexity index is 526. The first-order chi connectivity index (χ1) is 9.72. The molecule has 1 N–H and O–H groups in total. The van der Waals surface area contributed by atoms with E-state index in [-0.39, 0.29) is 0 Å². The van der Waals surface area contributed by atoms with E-state index in [2.05, 4.69) is 28.9 Å². The summed E-state index contributed by atoms with van der Waals surface area (Å²) in [6.07, 6.45) is 3.54. The predicted octanol–water partition coefficient (Wildman–Crippen LogP) is 4.07. The first kappa shape index (κ1) is 14.5. The van der Waals surface area contributed by atoms with Gasteiger partial charge in [0.25, 0.3) is 0 Å². The van der Waals surface area contributed by atoms with Gasteiger partial charge in [-0.05, 0) is 43.2 Å². The molecule has 0 saturated heterocycles. The van der Waals surface area contributed by atoms with E-state index in [4.69, 9.17) is 0 Å². The molecule has 20 heavy (non-hydrogen) atoms. The number of para-hydroxylation sites is 1. The third kappa shape index (κ3) is 3.58. The Labute approximate surface area is 120 Å². The van der Waals surface area contributed by atoms with Gasteiger partial charge in [-0.2, -0.15) is 0 Å². The fourth-order valence-corrected chi connectivity index (χ4v) is 2.14. The number of benzene rings is 1. The molecule has 1 aromatic heterocycles. The maximum atomic E-state index is 9.73. The van der Waals surface area contributed by atoms with Crippen LogP contribution in [0.4, 0.5) is 11.5 Å². The maximum Gasteiger partial charge on any atom is 0.133 e. The lowest BCUT2D eigenvalue weighted by molar-refractivity contribution is 0.199. The molecule has 0 saturated carbocycles. The van der Waals surface area contributed by atoms with Gasteiger partial charge < -0.3 is 10.0 Å². The zero-order chi connectivity index (χ0) is 14.4. The summed E-state index contributed by atoms with van der Waals surface area (Å²) in [5, 5.41) is 9.73. The molecule has 3 heteroatoms. The van der Waals surface area contributed by atoms with E-state index in [9.17, 15) is 5.11 Å². The van der Waals surface area contributed by atoms with Gasteiger partial charge in [-0.3, -0.25) is 0 Å². The average molecular weight is 270 g/mol. The molecule has 2 aromatic rings. The molecular formula is C17H22N2O. The molecule has 106 valence electrons. The van der Waals surface area contributed by atoms with Crippen LogP contribution in [0.15, 0.2) is 48.7 Å². The molecule has 3 nitrogen and oxygen atoms in total. The van der Waals surface area contributed by atoms with Crippen molar-refractivity contribution in [3.05, 3.63) is 54.2 Å². The summed E-state index contributed by atoms with van der Waals surface area (Å²) >= 11 is 0. The lowest BCUT2D eigenvalue weighted by Crippen LogP contribution is -2.19. The van der Waals surface area contributed by atoms with Crippen molar-refractivity contribution in [2.75, 3.05) is 11.4 Å². The van der Waals surface area contributed by atoms with Crippen molar-refractivity contribution in [2.24, 2.45) is 0 Å². The number of aliphatic hydroxyl groups is 1. The molecule has 1 heterocycles. The summed E-state index contributed by atoms with van der Waals surface area (Å²) < 4.78 is 0. The largest absolute Gasteiger partial charge is 0.389 e. The SMILES string of the molecule is CCCCN(c1ccccc1)c1cc(C(C)O)ccn1. The minimum atomic E-state index is -0.472. The van der Waals surface area contributed by atoms with Crippen molar-refractivity contribution in [2.45, 2.75) is 32.8 Å². The lowest BCUT2D eigenvalue weighted by Gasteiger charge is -2.24. The van der Waals surface area contributed by atoms with Crippen molar-refractivity contribution >= 4 is 11.5 Å². The summed E-state index contributed by atoms with van der Waals surface area (Å²) in [7, 11) is 0. The maximum absolute atomic E-state index is 9.73. The van der Waals surface area contributed by atoms with Gasteiger partial charge in [-0.15, -0.1) is 0 Å². The zero-order valence-corrected chi connectivity index (χ0v) is 12.2. The van der Waals surface area contributed by atoms with Crippen LogP contribution >= 0.6 is 0 Å². The van der Waals surface area contributed by atoms with Crippen molar-refractivity contribution in [1.82, 2.24) is 4.98 Å². The van der Waals surface area contributed by atoms with Crippen LogP contribution in [0.3, 0.4) is 0 Å². The normalized spacial score (nSPS) is 12.2. The van der Waals surface area contributed by atoms with E-state index < -0.39 is 6.10 Å². The Morgan fingerprint density at radius 2 is 1.95 bits per heavy atom. The molecule has 0 spiro atoms. The molecule has 1 aromatic carbocycles. The van der Waals surface area contributed by atoms with Crippen LogP contribution < -0.4 is 4.90 Å². The second-order valence-electron chi connectivity index (χ2n) is 4.96. The highest BCUT2D eigenvalue weighted by Gasteiger charge is 2.11. The fraction of sp³-hybridized carbons (Fsp3) is 0.353. The van der Waals surface area contributed by atoms with Crippen LogP contribution in [0.2, 0.25) is 0 Å². The standard InChI is InChI=1S/C17H22N2O/c1-3-4-12-19(16-8-6-5-7-9-16)17-13-15(14(2)20)10-11-18-17/h5-11,13-14,20H,3-4,12H2,1-2H3. The van der Waals surface area contributed by atoms with Gasteiger partial charge in [0.15, 0.2) is 0 Å². The van der Waals surface area contributed by atoms with Crippen molar-refractivity contribution in [3.8, 4) is 0 Å². The molecule has 1 unspecified atom stereocenters. The van der Waals surface area contributed by atoms with E-state index in [1.807, 2.05) is 30.3 Å². The number of aliphatic hydroxyl groups excluding tert-OH is 1. The summed E-state index contributed by atoms with van der Waals surface area (Å²) in [4.78, 5) is 6.67. The highest BCUT2D eigenvalue weighted by molar-refractivity contribution is 5.60. The quantitative estimate of drug-likeness (QED) is 0.859. The number of pyridine rings is 1. The fourth-order valence-electron chi connectivity index (χ4n) is 2.14. The average Bonchev–Trinajstić information content (AvgIpc) is 2.49. The second kappa shape index (κ2) is 7.06. The number of rotatable bonds is 6. The summed E-state index contributed by atoms with van der Waals surface area (Å²) in [5.74, 6) is 0.892. The van der Waals surface area contributed by atoms with Gasteiger partial charge in [0.1, 0.15) is 5.82 Å². The van der Waals surface area contributed by atoms with Gasteiger partial charge >= 0.3 is 0 Å². The number of anilines is 2. The molecular weight excluding hydrogens is 248 g/mol. The van der Waals surface area contributed by atoms with E-state index in [0.29, 0.717) is 0 Å². The van der Waals surface area contributed by atoms with Crippen molar-refractivity contribution in [1.29, 1.82) is 0 Å². The molecule has 0 bridgehead atoms. The molecule has 1 atom stereocenters. The van der Waals surface area contributed by atoms with Crippen LogP contribution in [0.5, 0.6) is 0 Å². The first-order valence-electron chi connectivity index (χ1n) is 7.19. The van der Waals surface area contributed by atoms with E-state index in [1.165, 1.54) is 0 Å². The topological polar surface area (TPSA) is 36.4 Å². The van der Waals surface area contributed by atoms with Gasteiger partial charge in [0, 0.05) is 18.4 Å². The van der Waals surface area contributed by atoms with E-state index in [1.54, 1.807) is 13.1 Å². The summed E-state index contributed by atoms with van der Waals surface area (Å²) in [5.41, 5.74) is 2.03. The molecule has 0 aliphatic carbocycles. The van der Waals surface area contributed by atoms with E-state index >= 15 is 0 Å². The number of unbranched alkanes of at least 4 members (excludes halogenated alkanes) is 1. The Kier molecular flexibility index (Phi) is 5.13. The number of hydrogen-bond acceptors (Lipinski definition) is 3. The van der Waals surface area contributed by atoms with E-state index in [0.717, 1.165) is 36.5 Å². The minimum absolute atomic E-state index is 0.472. The summed E-state index contributed by atoms with van der Waals surface area (Å²) in [6, 6.07) is 14.1. The molecule has 0 amide bonds. The van der Waals surface area contributed by atoms with Crippen molar-refractivity contribution < 1.29 is 5.11 Å². The predicted molar refractivity (Wildman–Crippen MR) is 83.2 cm³/mol. The molecule has 2 rings (SSSR count). The second-order valence-corrected chi connectivity index (χ2v) is 4.96. The third-order valence-electron chi connectivity index (χ3n) is 3.33. The van der Waals surface area contributed by atoms with Crippen LogP contribution in [0, 0.1) is 0 Å². The van der Waals surface area contributed by atoms with Crippen LogP contribution in [0.1, 0.15) is 38.4 Å². The molecule has 0 aliphatic rings. The highest BCUT2D eigenvalue weighted by Crippen LogP contribution is 2.26. The van der Waals surface area contributed by atoms with Crippen LogP contribution in [-0.4, -0.2) is 16.6 Å². The monoisotopic (exact) mass is 270 g/mol. The van der Waals surface area contributed by atoms with Gasteiger partial charge in [0.2, 0.25) is 0 Å². The van der Waals surface area contributed by atoms with Gasteiger partial charge in [0.05, 0.1) is 6.10 Å². The number of hydrogen-bond donors (Lipinski definition) is 1. The number of aromatic nitrogens is 1. The van der Waals surface area contributed by atoms with Gasteiger partial charge in [-0.25, -0.2) is 4.98 Å². The lowest BCUT2D eigenvalue weighted by atomic mass is 10.1. The van der Waals surface area contributed by atoms with Crippen LogP contribution in [0.25, 0.3) is 0 Å². The van der Waals surface area contributed by atoms with Crippen molar-refractivity contribution in [3.63, 3.8) is 0 Å². The Balaban J connectivity index is 2.33.